The Kier molecular flexibility index (Phi) is 6.80. The van der Waals surface area contributed by atoms with Crippen LogP contribution < -0.4 is 5.32 Å². The number of halogens is 1. The molecular formula is C22H27ClN6O4. The van der Waals surface area contributed by atoms with E-state index in [0.29, 0.717) is 42.9 Å². The number of fused-ring (bicyclic) bond motifs is 1. The van der Waals surface area contributed by atoms with Gasteiger partial charge in [-0.3, -0.25) is 4.79 Å². The summed E-state index contributed by atoms with van der Waals surface area (Å²) in [5.74, 6) is 0.215. The number of aliphatic hydroxyl groups is 3. The van der Waals surface area contributed by atoms with Crippen LogP contribution in [0.5, 0.6) is 0 Å². The highest BCUT2D eigenvalue weighted by Gasteiger charge is 2.42. The van der Waals surface area contributed by atoms with Gasteiger partial charge in [-0.1, -0.05) is 30.3 Å². The molecule has 2 fully saturated rings. The predicted molar refractivity (Wildman–Crippen MR) is 123 cm³/mol. The standard InChI is InChI=1S/C22H26N6O4.ClH/c29-10-14-6-16(20(32)19(14)31)28-12-25-18-21(23-11-24-22(18)28)26-15-7-17(30)27(9-15)8-13-4-2-1-3-5-13;/h1-5,11-12,14-16,19-20,29,31-32H,6-10H2,(H,23,24,26);1H/t14-,15-,16-,19-,20+;/m1./s1. The largest absolute Gasteiger partial charge is 0.396 e. The number of imidazole rings is 1. The fraction of sp³-hybridized carbons (Fsp3) is 0.455. The van der Waals surface area contributed by atoms with Crippen molar-refractivity contribution in [3.05, 3.63) is 48.5 Å². The van der Waals surface area contributed by atoms with Crippen LogP contribution in [-0.2, 0) is 11.3 Å². The minimum atomic E-state index is -1.02. The summed E-state index contributed by atoms with van der Waals surface area (Å²) in [6.45, 7) is 0.934. The molecule has 4 N–H and O–H groups in total. The lowest BCUT2D eigenvalue weighted by Crippen LogP contribution is -2.30. The SMILES string of the molecule is Cl.O=C1C[C@@H](Nc2ncnc3c2ncn3[C@@H]2C[C@H](CO)[C@@H](O)[C@H]2O)CN1Cc1ccccc1. The molecule has 0 spiro atoms. The van der Waals surface area contributed by atoms with Gasteiger partial charge in [0.25, 0.3) is 0 Å². The van der Waals surface area contributed by atoms with Gasteiger partial charge in [-0.25, -0.2) is 15.0 Å². The average molecular weight is 475 g/mol. The highest BCUT2D eigenvalue weighted by Crippen LogP contribution is 2.37. The molecule has 0 radical (unpaired) electrons. The van der Waals surface area contributed by atoms with E-state index in [0.717, 1.165) is 5.56 Å². The summed E-state index contributed by atoms with van der Waals surface area (Å²) in [5.41, 5.74) is 2.15. The summed E-state index contributed by atoms with van der Waals surface area (Å²) in [4.78, 5) is 27.4. The molecule has 5 atom stereocenters. The lowest BCUT2D eigenvalue weighted by atomic mass is 10.1. The van der Waals surface area contributed by atoms with Crippen LogP contribution in [0.25, 0.3) is 11.2 Å². The third kappa shape index (κ3) is 4.39. The number of carbonyl (C=O) groups excluding carboxylic acids is 1. The smallest absolute Gasteiger partial charge is 0.225 e. The summed E-state index contributed by atoms with van der Waals surface area (Å²) in [5, 5.41) is 33.4. The van der Waals surface area contributed by atoms with E-state index in [1.807, 2.05) is 35.2 Å². The molecule has 1 aromatic carbocycles. The fourth-order valence-corrected chi connectivity index (χ4v) is 4.78. The number of amides is 1. The number of aliphatic hydroxyl groups excluding tert-OH is 3. The molecule has 3 heterocycles. The van der Waals surface area contributed by atoms with Crippen molar-refractivity contribution >= 4 is 35.3 Å². The molecule has 176 valence electrons. The van der Waals surface area contributed by atoms with Gasteiger partial charge >= 0.3 is 0 Å². The molecule has 33 heavy (non-hydrogen) atoms. The zero-order valence-corrected chi connectivity index (χ0v) is 18.7. The van der Waals surface area contributed by atoms with Crippen molar-refractivity contribution in [3.8, 4) is 0 Å². The second kappa shape index (κ2) is 9.60. The van der Waals surface area contributed by atoms with E-state index in [2.05, 4.69) is 20.3 Å². The van der Waals surface area contributed by atoms with Gasteiger partial charge in [0.05, 0.1) is 24.5 Å². The minimum absolute atomic E-state index is 0. The van der Waals surface area contributed by atoms with Crippen LogP contribution in [-0.4, -0.2) is 77.0 Å². The maximum absolute atomic E-state index is 12.5. The molecule has 5 rings (SSSR count). The number of hydrogen-bond acceptors (Lipinski definition) is 8. The first-order valence-electron chi connectivity index (χ1n) is 10.8. The third-order valence-corrected chi connectivity index (χ3v) is 6.49. The predicted octanol–water partition coefficient (Wildman–Crippen LogP) is 0.736. The fourth-order valence-electron chi connectivity index (χ4n) is 4.78. The molecule has 11 heteroatoms. The van der Waals surface area contributed by atoms with E-state index in [9.17, 15) is 20.1 Å². The van der Waals surface area contributed by atoms with Crippen molar-refractivity contribution in [2.75, 3.05) is 18.5 Å². The van der Waals surface area contributed by atoms with E-state index in [4.69, 9.17) is 0 Å². The molecular weight excluding hydrogens is 448 g/mol. The van der Waals surface area contributed by atoms with Crippen LogP contribution >= 0.6 is 12.4 Å². The zero-order valence-electron chi connectivity index (χ0n) is 17.9. The summed E-state index contributed by atoms with van der Waals surface area (Å²) < 4.78 is 1.73. The molecule has 0 bridgehead atoms. The lowest BCUT2D eigenvalue weighted by molar-refractivity contribution is -0.128. The van der Waals surface area contributed by atoms with Gasteiger partial charge in [-0.15, -0.1) is 12.4 Å². The molecule has 1 aliphatic carbocycles. The van der Waals surface area contributed by atoms with Crippen molar-refractivity contribution < 1.29 is 20.1 Å². The number of rotatable bonds is 6. The second-order valence-corrected chi connectivity index (χ2v) is 8.58. The van der Waals surface area contributed by atoms with Crippen molar-refractivity contribution in [2.45, 2.75) is 43.7 Å². The number of aromatic nitrogens is 4. The quantitative estimate of drug-likeness (QED) is 0.410. The summed E-state index contributed by atoms with van der Waals surface area (Å²) in [6, 6.07) is 9.34. The molecule has 3 aromatic rings. The highest BCUT2D eigenvalue weighted by molar-refractivity contribution is 5.85. The number of carbonyl (C=O) groups is 1. The molecule has 2 aromatic heterocycles. The van der Waals surface area contributed by atoms with E-state index >= 15 is 0 Å². The van der Waals surface area contributed by atoms with Crippen LogP contribution in [0.1, 0.15) is 24.4 Å². The van der Waals surface area contributed by atoms with E-state index in [1.54, 1.807) is 10.9 Å². The Morgan fingerprint density at radius 2 is 1.88 bits per heavy atom. The van der Waals surface area contributed by atoms with Crippen LogP contribution in [0.4, 0.5) is 5.82 Å². The van der Waals surface area contributed by atoms with Gasteiger partial charge in [-0.2, -0.15) is 0 Å². The Balaban J connectivity index is 0.00000259. The normalized spacial score (nSPS) is 27.2. The Bertz CT molecular complexity index is 1110. The Hall–Kier alpha value is -2.79. The molecule has 2 aliphatic rings. The number of likely N-dealkylation sites (tertiary alicyclic amines) is 1. The number of nitrogens with zero attached hydrogens (tertiary/aromatic N) is 5. The molecule has 1 amide bonds. The van der Waals surface area contributed by atoms with Crippen molar-refractivity contribution in [2.24, 2.45) is 5.92 Å². The van der Waals surface area contributed by atoms with Crippen molar-refractivity contribution in [1.82, 2.24) is 24.4 Å². The Morgan fingerprint density at radius 3 is 2.61 bits per heavy atom. The first-order chi connectivity index (χ1) is 15.5. The summed E-state index contributed by atoms with van der Waals surface area (Å²) in [7, 11) is 0. The topological polar surface area (TPSA) is 137 Å². The first kappa shape index (κ1) is 23.4. The summed E-state index contributed by atoms with van der Waals surface area (Å²) >= 11 is 0. The number of benzene rings is 1. The molecule has 0 unspecified atom stereocenters. The number of hydrogen-bond donors (Lipinski definition) is 4. The average Bonchev–Trinajstić information content (AvgIpc) is 3.46. The first-order valence-corrected chi connectivity index (χ1v) is 10.8. The van der Waals surface area contributed by atoms with Gasteiger partial charge in [0.15, 0.2) is 11.5 Å². The minimum Gasteiger partial charge on any atom is -0.396 e. The molecule has 1 aliphatic heterocycles. The van der Waals surface area contributed by atoms with Crippen LogP contribution in [0, 0.1) is 5.92 Å². The third-order valence-electron chi connectivity index (χ3n) is 6.49. The molecule has 1 saturated carbocycles. The number of anilines is 1. The van der Waals surface area contributed by atoms with E-state index < -0.39 is 24.2 Å². The van der Waals surface area contributed by atoms with Crippen molar-refractivity contribution in [3.63, 3.8) is 0 Å². The van der Waals surface area contributed by atoms with Gasteiger partial charge in [0.1, 0.15) is 17.9 Å². The van der Waals surface area contributed by atoms with E-state index in [1.165, 1.54) is 6.33 Å². The number of nitrogens with one attached hydrogen (secondary N) is 1. The maximum atomic E-state index is 12.5. The molecule has 1 saturated heterocycles. The van der Waals surface area contributed by atoms with Gasteiger partial charge in [0, 0.05) is 32.0 Å². The second-order valence-electron chi connectivity index (χ2n) is 8.58. The van der Waals surface area contributed by atoms with Crippen LogP contribution in [0.3, 0.4) is 0 Å². The highest BCUT2D eigenvalue weighted by atomic mass is 35.5. The maximum Gasteiger partial charge on any atom is 0.225 e. The Labute approximate surface area is 196 Å². The monoisotopic (exact) mass is 474 g/mol. The van der Waals surface area contributed by atoms with Crippen molar-refractivity contribution in [1.29, 1.82) is 0 Å². The van der Waals surface area contributed by atoms with Crippen LogP contribution in [0.15, 0.2) is 43.0 Å². The van der Waals surface area contributed by atoms with E-state index in [-0.39, 0.29) is 31.0 Å². The van der Waals surface area contributed by atoms with Gasteiger partial charge in [0.2, 0.25) is 5.91 Å². The van der Waals surface area contributed by atoms with Crippen LogP contribution in [0.2, 0.25) is 0 Å². The van der Waals surface area contributed by atoms with Gasteiger partial charge in [-0.05, 0) is 12.0 Å². The molecule has 10 nitrogen and oxygen atoms in total. The van der Waals surface area contributed by atoms with Gasteiger partial charge < -0.3 is 30.1 Å². The zero-order chi connectivity index (χ0) is 22.2. The Morgan fingerprint density at radius 1 is 1.09 bits per heavy atom. The lowest BCUT2D eigenvalue weighted by Gasteiger charge is -2.19. The summed E-state index contributed by atoms with van der Waals surface area (Å²) in [6.07, 6.45) is 1.76.